The van der Waals surface area contributed by atoms with Crippen molar-refractivity contribution in [2.24, 2.45) is 0 Å². The van der Waals surface area contributed by atoms with Crippen LogP contribution in [0.15, 0.2) is 30.5 Å². The van der Waals surface area contributed by atoms with Crippen LogP contribution in [0.3, 0.4) is 0 Å². The Morgan fingerprint density at radius 3 is 3.05 bits per heavy atom. The van der Waals surface area contributed by atoms with Gasteiger partial charge in [0.2, 0.25) is 0 Å². The van der Waals surface area contributed by atoms with Crippen LogP contribution in [0.1, 0.15) is 18.4 Å². The Bertz CT molecular complexity index is 457. The van der Waals surface area contributed by atoms with E-state index in [1.165, 1.54) is 18.3 Å². The van der Waals surface area contributed by atoms with Crippen molar-refractivity contribution in [1.29, 1.82) is 0 Å². The summed E-state index contributed by atoms with van der Waals surface area (Å²) >= 11 is 0. The minimum atomic E-state index is -0.319. The molecule has 1 aliphatic heterocycles. The van der Waals surface area contributed by atoms with Gasteiger partial charge < -0.3 is 15.4 Å². The maximum atomic E-state index is 13.3. The van der Waals surface area contributed by atoms with Crippen LogP contribution in [0.5, 0.6) is 0 Å². The van der Waals surface area contributed by atoms with Crippen LogP contribution in [0.25, 0.3) is 6.08 Å². The summed E-state index contributed by atoms with van der Waals surface area (Å²) in [6.45, 7) is 1.26. The molecule has 1 saturated heterocycles. The molecule has 1 aromatic carbocycles. The molecule has 1 atom stereocenters. The molecule has 1 aliphatic rings. The summed E-state index contributed by atoms with van der Waals surface area (Å²) < 4.78 is 18.7. The van der Waals surface area contributed by atoms with Crippen molar-refractivity contribution in [2.45, 2.75) is 18.9 Å². The fraction of sp³-hybridized carbons (Fsp3) is 0.357. The second-order valence-electron chi connectivity index (χ2n) is 4.34. The summed E-state index contributed by atoms with van der Waals surface area (Å²) in [5.41, 5.74) is 0.432. The second kappa shape index (κ2) is 6.89. The lowest BCUT2D eigenvalue weighted by Gasteiger charge is -2.10. The molecule has 1 aromatic rings. The highest BCUT2D eigenvalue weighted by Gasteiger charge is 2.15. The van der Waals surface area contributed by atoms with Crippen molar-refractivity contribution in [3.8, 4) is 0 Å². The molecule has 0 saturated carbocycles. The van der Waals surface area contributed by atoms with Gasteiger partial charge in [0.15, 0.2) is 0 Å². The summed E-state index contributed by atoms with van der Waals surface area (Å²) in [5, 5.41) is 5.23. The Hall–Kier alpha value is -1.88. The molecule has 4 nitrogen and oxygen atoms in total. The first-order valence-electron chi connectivity index (χ1n) is 6.33. The molecule has 1 fully saturated rings. The van der Waals surface area contributed by atoms with E-state index in [0.717, 1.165) is 19.4 Å². The molecule has 0 radical (unpaired) electrons. The lowest BCUT2D eigenvalue weighted by molar-refractivity contribution is 0.111. The largest absolute Gasteiger partial charge is 0.376 e. The van der Waals surface area contributed by atoms with Crippen LogP contribution in [0, 0.1) is 5.82 Å². The summed E-state index contributed by atoms with van der Waals surface area (Å²) in [6.07, 6.45) is 5.07. The number of carbonyl (C=O) groups is 1. The van der Waals surface area contributed by atoms with Crippen molar-refractivity contribution >= 4 is 12.1 Å². The van der Waals surface area contributed by atoms with E-state index in [-0.39, 0.29) is 18.0 Å². The Morgan fingerprint density at radius 1 is 1.47 bits per heavy atom. The van der Waals surface area contributed by atoms with Crippen LogP contribution in [-0.2, 0) is 4.74 Å². The zero-order chi connectivity index (χ0) is 13.5. The van der Waals surface area contributed by atoms with Crippen LogP contribution in [0.4, 0.5) is 9.18 Å². The normalized spacial score (nSPS) is 18.7. The molecular formula is C14H17FN2O2. The average molecular weight is 264 g/mol. The van der Waals surface area contributed by atoms with Gasteiger partial charge >= 0.3 is 6.03 Å². The first-order chi connectivity index (χ1) is 9.25. The molecule has 102 valence electrons. The number of nitrogens with one attached hydrogen (secondary N) is 2. The SMILES string of the molecule is O=C(N/C=C/c1ccccc1F)NCC1CCCO1. The van der Waals surface area contributed by atoms with Crippen LogP contribution < -0.4 is 10.6 Å². The third-order valence-corrected chi connectivity index (χ3v) is 2.90. The minimum absolute atomic E-state index is 0.112. The molecule has 2 N–H and O–H groups in total. The van der Waals surface area contributed by atoms with E-state index in [0.29, 0.717) is 12.1 Å². The Labute approximate surface area is 111 Å². The van der Waals surface area contributed by atoms with E-state index in [1.807, 2.05) is 0 Å². The summed E-state index contributed by atoms with van der Waals surface area (Å²) in [6, 6.07) is 6.05. The van der Waals surface area contributed by atoms with Crippen LogP contribution in [-0.4, -0.2) is 25.3 Å². The number of carbonyl (C=O) groups excluding carboxylic acids is 1. The molecular weight excluding hydrogens is 247 g/mol. The first kappa shape index (κ1) is 13.5. The maximum absolute atomic E-state index is 13.3. The van der Waals surface area contributed by atoms with E-state index in [1.54, 1.807) is 18.2 Å². The maximum Gasteiger partial charge on any atom is 0.318 e. The molecule has 19 heavy (non-hydrogen) atoms. The molecule has 1 unspecified atom stereocenters. The first-order valence-corrected chi connectivity index (χ1v) is 6.33. The molecule has 0 aliphatic carbocycles. The van der Waals surface area contributed by atoms with Gasteiger partial charge in [-0.3, -0.25) is 0 Å². The van der Waals surface area contributed by atoms with Gasteiger partial charge in [0.25, 0.3) is 0 Å². The third kappa shape index (κ3) is 4.37. The number of hydrogen-bond donors (Lipinski definition) is 2. The van der Waals surface area contributed by atoms with Gasteiger partial charge in [-0.05, 0) is 25.0 Å². The topological polar surface area (TPSA) is 50.4 Å². The van der Waals surface area contributed by atoms with E-state index < -0.39 is 0 Å². The predicted octanol–water partition coefficient (Wildman–Crippen LogP) is 2.27. The number of hydrogen-bond acceptors (Lipinski definition) is 2. The van der Waals surface area contributed by atoms with Gasteiger partial charge in [-0.25, -0.2) is 9.18 Å². The minimum Gasteiger partial charge on any atom is -0.376 e. The van der Waals surface area contributed by atoms with Crippen molar-refractivity contribution in [3.63, 3.8) is 0 Å². The molecule has 1 heterocycles. The Balaban J connectivity index is 1.72. The van der Waals surface area contributed by atoms with Crippen molar-refractivity contribution in [3.05, 3.63) is 41.8 Å². The van der Waals surface area contributed by atoms with Crippen molar-refractivity contribution in [1.82, 2.24) is 10.6 Å². The van der Waals surface area contributed by atoms with Gasteiger partial charge in [-0.15, -0.1) is 0 Å². The van der Waals surface area contributed by atoms with E-state index >= 15 is 0 Å². The second-order valence-corrected chi connectivity index (χ2v) is 4.34. The molecule has 0 bridgehead atoms. The number of halogens is 1. The van der Waals surface area contributed by atoms with Gasteiger partial charge in [0.1, 0.15) is 5.82 Å². The summed E-state index contributed by atoms with van der Waals surface area (Å²) in [5.74, 6) is -0.319. The lowest BCUT2D eigenvalue weighted by Crippen LogP contribution is -2.37. The Morgan fingerprint density at radius 2 is 2.32 bits per heavy atom. The highest BCUT2D eigenvalue weighted by atomic mass is 19.1. The van der Waals surface area contributed by atoms with E-state index in [9.17, 15) is 9.18 Å². The van der Waals surface area contributed by atoms with Gasteiger partial charge in [0, 0.05) is 24.9 Å². The number of amides is 2. The summed E-state index contributed by atoms with van der Waals surface area (Å²) in [7, 11) is 0. The third-order valence-electron chi connectivity index (χ3n) is 2.90. The Kier molecular flexibility index (Phi) is 4.92. The van der Waals surface area contributed by atoms with Crippen LogP contribution in [0.2, 0.25) is 0 Å². The monoisotopic (exact) mass is 264 g/mol. The highest BCUT2D eigenvalue weighted by Crippen LogP contribution is 2.10. The van der Waals surface area contributed by atoms with Gasteiger partial charge in [-0.2, -0.15) is 0 Å². The zero-order valence-corrected chi connectivity index (χ0v) is 10.6. The molecule has 0 spiro atoms. The van der Waals surface area contributed by atoms with Gasteiger partial charge in [0.05, 0.1) is 6.10 Å². The zero-order valence-electron chi connectivity index (χ0n) is 10.6. The molecule has 0 aromatic heterocycles. The summed E-state index contributed by atoms with van der Waals surface area (Å²) in [4.78, 5) is 11.5. The average Bonchev–Trinajstić information content (AvgIpc) is 2.92. The quantitative estimate of drug-likeness (QED) is 0.876. The fourth-order valence-corrected chi connectivity index (χ4v) is 1.88. The molecule has 5 heteroatoms. The van der Waals surface area contributed by atoms with E-state index in [2.05, 4.69) is 10.6 Å². The van der Waals surface area contributed by atoms with Gasteiger partial charge in [-0.1, -0.05) is 18.2 Å². The number of urea groups is 1. The lowest BCUT2D eigenvalue weighted by atomic mass is 10.2. The van der Waals surface area contributed by atoms with E-state index in [4.69, 9.17) is 4.74 Å². The fourth-order valence-electron chi connectivity index (χ4n) is 1.88. The van der Waals surface area contributed by atoms with Crippen molar-refractivity contribution in [2.75, 3.05) is 13.2 Å². The number of benzene rings is 1. The highest BCUT2D eigenvalue weighted by molar-refractivity contribution is 5.75. The number of ether oxygens (including phenoxy) is 1. The standard InChI is InChI=1S/C14H17FN2O2/c15-13-6-2-1-4-11(13)7-8-16-14(18)17-10-12-5-3-9-19-12/h1-2,4,6-8,12H,3,5,9-10H2,(H2,16,17,18)/b8-7+. The van der Waals surface area contributed by atoms with Crippen molar-refractivity contribution < 1.29 is 13.9 Å². The van der Waals surface area contributed by atoms with Crippen LogP contribution >= 0.6 is 0 Å². The predicted molar refractivity (Wildman–Crippen MR) is 70.9 cm³/mol. The molecule has 2 amide bonds. The molecule has 2 rings (SSSR count). The number of rotatable bonds is 4. The smallest absolute Gasteiger partial charge is 0.318 e.